The average Bonchev–Trinajstić information content (AvgIpc) is 3.30. The maximum atomic E-state index is 5.24. The molecule has 0 aliphatic heterocycles. The average molecular weight is 403 g/mol. The normalized spacial score (nSPS) is 11.4. The van der Waals surface area contributed by atoms with Crippen LogP contribution in [0.1, 0.15) is 29.4 Å². The van der Waals surface area contributed by atoms with Gasteiger partial charge in [-0.25, -0.2) is 0 Å². The van der Waals surface area contributed by atoms with E-state index < -0.39 is 0 Å². The van der Waals surface area contributed by atoms with Gasteiger partial charge < -0.3 is 0 Å². The molecule has 4 aromatic rings. The molecule has 0 aliphatic carbocycles. The molecular formula is C22H22N6S. The Kier molecular flexibility index (Phi) is 5.48. The highest BCUT2D eigenvalue weighted by Gasteiger charge is 2.11. The molecule has 0 atom stereocenters. The van der Waals surface area contributed by atoms with Crippen LogP contribution in [0.2, 0.25) is 0 Å². The number of rotatable bonds is 6. The molecule has 0 saturated heterocycles. The first-order valence-corrected chi connectivity index (χ1v) is 9.94. The molecule has 29 heavy (non-hydrogen) atoms. The van der Waals surface area contributed by atoms with Crippen molar-refractivity contribution in [2.75, 3.05) is 0 Å². The van der Waals surface area contributed by atoms with Crippen LogP contribution in [0.25, 0.3) is 11.3 Å². The van der Waals surface area contributed by atoms with Crippen LogP contribution in [0.5, 0.6) is 0 Å². The first-order valence-electron chi connectivity index (χ1n) is 9.53. The zero-order valence-electron chi connectivity index (χ0n) is 16.4. The van der Waals surface area contributed by atoms with Crippen LogP contribution in [0.4, 0.5) is 0 Å². The number of aromatic nitrogens is 5. The zero-order chi connectivity index (χ0) is 20.2. The summed E-state index contributed by atoms with van der Waals surface area (Å²) in [5, 5.41) is 16.2. The van der Waals surface area contributed by atoms with Crippen LogP contribution in [-0.2, 0) is 13.0 Å². The fourth-order valence-corrected chi connectivity index (χ4v) is 3.36. The predicted octanol–water partition coefficient (Wildman–Crippen LogP) is 4.61. The van der Waals surface area contributed by atoms with E-state index in [1.54, 1.807) is 10.9 Å². The van der Waals surface area contributed by atoms with Gasteiger partial charge in [0.15, 0.2) is 0 Å². The molecule has 2 aromatic carbocycles. The Labute approximate surface area is 174 Å². The largest absolute Gasteiger partial charge is 0.267 e. The molecule has 4 rings (SSSR count). The molecular weight excluding hydrogens is 380 g/mol. The number of hydrogen-bond donors (Lipinski definition) is 1. The van der Waals surface area contributed by atoms with Crippen molar-refractivity contribution in [3.8, 4) is 11.3 Å². The Morgan fingerprint density at radius 2 is 1.83 bits per heavy atom. The summed E-state index contributed by atoms with van der Waals surface area (Å²) >= 11 is 5.24. The molecule has 0 spiro atoms. The zero-order valence-corrected chi connectivity index (χ0v) is 17.2. The van der Waals surface area contributed by atoms with E-state index in [1.807, 2.05) is 36.0 Å². The quantitative estimate of drug-likeness (QED) is 0.378. The summed E-state index contributed by atoms with van der Waals surface area (Å²) in [5.41, 5.74) is 5.36. The monoisotopic (exact) mass is 402 g/mol. The maximum Gasteiger partial charge on any atom is 0.216 e. The van der Waals surface area contributed by atoms with Crippen molar-refractivity contribution in [2.45, 2.75) is 26.8 Å². The summed E-state index contributed by atoms with van der Waals surface area (Å²) in [5.74, 6) is 0.705. The molecule has 0 amide bonds. The molecule has 6 nitrogen and oxygen atoms in total. The van der Waals surface area contributed by atoms with Crippen molar-refractivity contribution in [1.29, 1.82) is 0 Å². The molecule has 0 saturated carbocycles. The second kappa shape index (κ2) is 8.36. The van der Waals surface area contributed by atoms with Crippen LogP contribution < -0.4 is 0 Å². The molecule has 0 radical (unpaired) electrons. The molecule has 2 heterocycles. The summed E-state index contributed by atoms with van der Waals surface area (Å²) in [4.78, 5) is 0. The molecule has 0 bridgehead atoms. The molecule has 146 valence electrons. The lowest BCUT2D eigenvalue weighted by Gasteiger charge is -2.02. The van der Waals surface area contributed by atoms with Crippen molar-refractivity contribution >= 4 is 18.4 Å². The van der Waals surface area contributed by atoms with E-state index in [9.17, 15) is 0 Å². The second-order valence-corrected chi connectivity index (χ2v) is 7.19. The summed E-state index contributed by atoms with van der Waals surface area (Å²) < 4.78 is 4.01. The number of benzene rings is 2. The van der Waals surface area contributed by atoms with Gasteiger partial charge in [0, 0.05) is 17.3 Å². The van der Waals surface area contributed by atoms with Crippen molar-refractivity contribution in [1.82, 2.24) is 24.7 Å². The molecule has 1 N–H and O–H groups in total. The van der Waals surface area contributed by atoms with Crippen LogP contribution in [0, 0.1) is 11.7 Å². The van der Waals surface area contributed by atoms with Gasteiger partial charge in [-0.3, -0.25) is 9.78 Å². The van der Waals surface area contributed by atoms with Crippen LogP contribution in [0.15, 0.2) is 65.9 Å². The van der Waals surface area contributed by atoms with Crippen LogP contribution in [0.3, 0.4) is 0 Å². The Bertz CT molecular complexity index is 1180. The summed E-state index contributed by atoms with van der Waals surface area (Å²) in [6.07, 6.45) is 4.81. The van der Waals surface area contributed by atoms with Gasteiger partial charge in [0.05, 0.1) is 12.8 Å². The van der Waals surface area contributed by atoms with Gasteiger partial charge in [-0.05, 0) is 36.7 Å². The van der Waals surface area contributed by atoms with E-state index in [1.165, 1.54) is 11.1 Å². The van der Waals surface area contributed by atoms with Gasteiger partial charge >= 0.3 is 0 Å². The van der Waals surface area contributed by atoms with E-state index in [-0.39, 0.29) is 0 Å². The first-order chi connectivity index (χ1) is 14.1. The third kappa shape index (κ3) is 4.25. The van der Waals surface area contributed by atoms with E-state index in [0.29, 0.717) is 17.1 Å². The van der Waals surface area contributed by atoms with Crippen molar-refractivity contribution in [3.63, 3.8) is 0 Å². The fraction of sp³-hybridized carbons (Fsp3) is 0.182. The lowest BCUT2D eigenvalue weighted by atomic mass is 10.1. The van der Waals surface area contributed by atoms with Crippen molar-refractivity contribution < 1.29 is 0 Å². The standard InChI is InChI=1S/C22H22N6S/c1-3-17-9-11-19(12-10-17)21-20(13-23-28-16(2)24-25-22(28)29)15-27(26-21)14-18-7-5-4-6-8-18/h4-13,15H,3,14H2,1-2H3,(H,25,29)/b23-13-. The van der Waals surface area contributed by atoms with Crippen LogP contribution >= 0.6 is 12.2 Å². The summed E-state index contributed by atoms with van der Waals surface area (Å²) in [6.45, 7) is 4.70. The predicted molar refractivity (Wildman–Crippen MR) is 118 cm³/mol. The minimum Gasteiger partial charge on any atom is -0.267 e. The highest BCUT2D eigenvalue weighted by Crippen LogP contribution is 2.22. The van der Waals surface area contributed by atoms with Crippen molar-refractivity contribution in [2.24, 2.45) is 5.10 Å². The summed E-state index contributed by atoms with van der Waals surface area (Å²) in [6, 6.07) is 18.8. The minimum atomic E-state index is 0.462. The molecule has 2 aromatic heterocycles. The lowest BCUT2D eigenvalue weighted by Crippen LogP contribution is -2.00. The summed E-state index contributed by atoms with van der Waals surface area (Å²) in [7, 11) is 0. The Morgan fingerprint density at radius 1 is 1.07 bits per heavy atom. The van der Waals surface area contributed by atoms with E-state index in [4.69, 9.17) is 17.3 Å². The number of nitrogens with zero attached hydrogens (tertiary/aromatic N) is 5. The number of nitrogens with one attached hydrogen (secondary N) is 1. The molecule has 0 aliphatic rings. The lowest BCUT2D eigenvalue weighted by molar-refractivity contribution is 0.689. The van der Waals surface area contributed by atoms with Crippen molar-refractivity contribution in [3.05, 3.63) is 88.1 Å². The molecule has 0 fully saturated rings. The number of aryl methyl sites for hydroxylation is 2. The van der Waals surface area contributed by atoms with Gasteiger partial charge in [-0.15, -0.1) is 0 Å². The van der Waals surface area contributed by atoms with Gasteiger partial charge in [0.2, 0.25) is 4.77 Å². The second-order valence-electron chi connectivity index (χ2n) is 6.80. The fourth-order valence-electron chi connectivity index (χ4n) is 3.13. The van der Waals surface area contributed by atoms with Gasteiger partial charge in [0.1, 0.15) is 11.5 Å². The Hall–Kier alpha value is -3.32. The van der Waals surface area contributed by atoms with Crippen LogP contribution in [-0.4, -0.2) is 30.9 Å². The Balaban J connectivity index is 1.73. The van der Waals surface area contributed by atoms with Gasteiger partial charge in [0.25, 0.3) is 0 Å². The van der Waals surface area contributed by atoms with Gasteiger partial charge in [-0.2, -0.15) is 20.0 Å². The van der Waals surface area contributed by atoms with E-state index in [2.05, 4.69) is 58.6 Å². The van der Waals surface area contributed by atoms with Gasteiger partial charge in [-0.1, -0.05) is 61.5 Å². The SMILES string of the molecule is CCc1ccc(-c2nn(Cc3ccccc3)cc2/C=N\n2c(C)n[nH]c2=S)cc1. The highest BCUT2D eigenvalue weighted by atomic mass is 32.1. The minimum absolute atomic E-state index is 0.462. The third-order valence-electron chi connectivity index (χ3n) is 4.74. The number of H-pyrrole nitrogens is 1. The number of aromatic amines is 1. The van der Waals surface area contributed by atoms with E-state index in [0.717, 1.165) is 23.2 Å². The Morgan fingerprint density at radius 3 is 2.48 bits per heavy atom. The maximum absolute atomic E-state index is 5.24. The first kappa shape index (κ1) is 19.0. The molecule has 7 heteroatoms. The topological polar surface area (TPSA) is 63.8 Å². The number of hydrogen-bond acceptors (Lipinski definition) is 4. The smallest absolute Gasteiger partial charge is 0.216 e. The van der Waals surface area contributed by atoms with E-state index >= 15 is 0 Å². The third-order valence-corrected chi connectivity index (χ3v) is 5.00. The molecule has 0 unspecified atom stereocenters. The highest BCUT2D eigenvalue weighted by molar-refractivity contribution is 7.71.